The first kappa shape index (κ1) is 20.6. The van der Waals surface area contributed by atoms with Crippen LogP contribution in [0.15, 0.2) is 41.8 Å². The number of rotatable bonds is 8. The van der Waals surface area contributed by atoms with Gasteiger partial charge in [0.25, 0.3) is 5.91 Å². The van der Waals surface area contributed by atoms with E-state index in [2.05, 4.69) is 10.6 Å². The molecule has 27 heavy (non-hydrogen) atoms. The summed E-state index contributed by atoms with van der Waals surface area (Å²) in [6, 6.07) is 10.5. The molecule has 0 aliphatic heterocycles. The van der Waals surface area contributed by atoms with Crippen LogP contribution in [0, 0.1) is 5.92 Å². The first-order valence-corrected chi connectivity index (χ1v) is 9.58. The van der Waals surface area contributed by atoms with Gasteiger partial charge in [0.05, 0.1) is 11.6 Å². The van der Waals surface area contributed by atoms with Crippen molar-refractivity contribution < 1.29 is 19.1 Å². The van der Waals surface area contributed by atoms with Gasteiger partial charge in [-0.05, 0) is 35.1 Å². The highest BCUT2D eigenvalue weighted by Crippen LogP contribution is 2.25. The fraction of sp³-hybridized carbons (Fsp3) is 0.350. The van der Waals surface area contributed by atoms with Crippen molar-refractivity contribution in [3.63, 3.8) is 0 Å². The van der Waals surface area contributed by atoms with E-state index in [1.54, 1.807) is 35.6 Å². The van der Waals surface area contributed by atoms with E-state index in [9.17, 15) is 14.4 Å². The van der Waals surface area contributed by atoms with Gasteiger partial charge in [0.1, 0.15) is 0 Å². The lowest BCUT2D eigenvalue weighted by atomic mass is 10.0. The maximum absolute atomic E-state index is 12.2. The molecule has 7 heteroatoms. The Morgan fingerprint density at radius 2 is 1.81 bits per heavy atom. The second kappa shape index (κ2) is 9.87. The molecule has 144 valence electrons. The summed E-state index contributed by atoms with van der Waals surface area (Å²) in [4.78, 5) is 36.3. The third-order valence-corrected chi connectivity index (χ3v) is 4.85. The number of carbonyl (C=O) groups is 3. The largest absolute Gasteiger partial charge is 0.452 e. The van der Waals surface area contributed by atoms with Gasteiger partial charge in [-0.1, -0.05) is 32.0 Å². The summed E-state index contributed by atoms with van der Waals surface area (Å²) in [6.07, 6.45) is 0. The molecule has 0 aliphatic carbocycles. The van der Waals surface area contributed by atoms with Crippen LogP contribution in [0.4, 0.5) is 0 Å². The van der Waals surface area contributed by atoms with E-state index < -0.39 is 5.97 Å². The molecule has 0 aliphatic rings. The third kappa shape index (κ3) is 6.53. The molecule has 6 nitrogen and oxygen atoms in total. The molecular weight excluding hydrogens is 364 g/mol. The summed E-state index contributed by atoms with van der Waals surface area (Å²) in [5.41, 5.74) is 1.23. The minimum Gasteiger partial charge on any atom is -0.452 e. The summed E-state index contributed by atoms with van der Waals surface area (Å²) < 4.78 is 5.11. The second-order valence-electron chi connectivity index (χ2n) is 6.49. The highest BCUT2D eigenvalue weighted by atomic mass is 32.1. The van der Waals surface area contributed by atoms with Crippen molar-refractivity contribution in [1.29, 1.82) is 0 Å². The highest BCUT2D eigenvalue weighted by molar-refractivity contribution is 7.10. The molecule has 1 atom stereocenters. The van der Waals surface area contributed by atoms with E-state index in [1.807, 2.05) is 31.4 Å². The second-order valence-corrected chi connectivity index (χ2v) is 7.47. The summed E-state index contributed by atoms with van der Waals surface area (Å²) in [5, 5.41) is 7.56. The predicted molar refractivity (Wildman–Crippen MR) is 104 cm³/mol. The van der Waals surface area contributed by atoms with Gasteiger partial charge in [0.15, 0.2) is 6.61 Å². The Bertz CT molecular complexity index is 770. The number of benzene rings is 1. The van der Waals surface area contributed by atoms with Crippen molar-refractivity contribution >= 4 is 29.1 Å². The first-order chi connectivity index (χ1) is 12.9. The molecule has 0 spiro atoms. The SMILES string of the molecule is CC(=O)NCc1ccc(C(=O)OCC(=O)NC(c2cccs2)C(C)C)cc1. The molecule has 2 amide bonds. The van der Waals surface area contributed by atoms with Crippen LogP contribution >= 0.6 is 11.3 Å². The zero-order valence-electron chi connectivity index (χ0n) is 15.7. The van der Waals surface area contributed by atoms with Crippen molar-refractivity contribution in [2.24, 2.45) is 5.92 Å². The van der Waals surface area contributed by atoms with E-state index >= 15 is 0 Å². The van der Waals surface area contributed by atoms with Crippen molar-refractivity contribution in [3.8, 4) is 0 Å². The summed E-state index contributed by atoms with van der Waals surface area (Å²) in [7, 11) is 0. The van der Waals surface area contributed by atoms with Gasteiger partial charge < -0.3 is 15.4 Å². The lowest BCUT2D eigenvalue weighted by Crippen LogP contribution is -2.34. The number of hydrogen-bond acceptors (Lipinski definition) is 5. The average molecular weight is 388 g/mol. The quantitative estimate of drug-likeness (QED) is 0.681. The first-order valence-electron chi connectivity index (χ1n) is 8.70. The minimum absolute atomic E-state index is 0.107. The van der Waals surface area contributed by atoms with Crippen LogP contribution < -0.4 is 10.6 Å². The molecule has 2 N–H and O–H groups in total. The van der Waals surface area contributed by atoms with Gasteiger partial charge >= 0.3 is 5.97 Å². The summed E-state index contributed by atoms with van der Waals surface area (Å²) >= 11 is 1.58. The highest BCUT2D eigenvalue weighted by Gasteiger charge is 2.20. The Balaban J connectivity index is 1.85. The third-order valence-electron chi connectivity index (χ3n) is 3.90. The number of thiophene rings is 1. The van der Waals surface area contributed by atoms with Crippen LogP contribution in [0.25, 0.3) is 0 Å². The Labute approximate surface area is 162 Å². The molecular formula is C20H24N2O4S. The van der Waals surface area contributed by atoms with E-state index in [4.69, 9.17) is 4.74 Å². The molecule has 0 fully saturated rings. The molecule has 1 aromatic carbocycles. The normalized spacial score (nSPS) is 11.7. The molecule has 2 rings (SSSR count). The number of ether oxygens (including phenoxy) is 1. The van der Waals surface area contributed by atoms with E-state index in [-0.39, 0.29) is 30.4 Å². The van der Waals surface area contributed by atoms with E-state index in [0.29, 0.717) is 12.1 Å². The van der Waals surface area contributed by atoms with Crippen LogP contribution in [0.1, 0.15) is 47.6 Å². The summed E-state index contributed by atoms with van der Waals surface area (Å²) in [6.45, 7) is 5.56. The molecule has 2 aromatic rings. The maximum Gasteiger partial charge on any atom is 0.338 e. The smallest absolute Gasteiger partial charge is 0.338 e. The number of carbonyl (C=O) groups excluding carboxylic acids is 3. The number of nitrogens with one attached hydrogen (secondary N) is 2. The zero-order valence-corrected chi connectivity index (χ0v) is 16.5. The van der Waals surface area contributed by atoms with Gasteiger partial charge in [-0.25, -0.2) is 4.79 Å². The van der Waals surface area contributed by atoms with Crippen LogP contribution in [-0.4, -0.2) is 24.4 Å². The molecule has 1 aromatic heterocycles. The van der Waals surface area contributed by atoms with Crippen molar-refractivity contribution in [3.05, 3.63) is 57.8 Å². The Kier molecular flexibility index (Phi) is 7.55. The van der Waals surface area contributed by atoms with Gasteiger partial charge in [0, 0.05) is 18.3 Å². The Morgan fingerprint density at radius 1 is 1.11 bits per heavy atom. The molecule has 0 saturated carbocycles. The molecule has 0 saturated heterocycles. The fourth-order valence-electron chi connectivity index (χ4n) is 2.45. The van der Waals surface area contributed by atoms with Crippen molar-refractivity contribution in [2.75, 3.05) is 6.61 Å². The van der Waals surface area contributed by atoms with Crippen molar-refractivity contribution in [1.82, 2.24) is 10.6 Å². The molecule has 0 bridgehead atoms. The topological polar surface area (TPSA) is 84.5 Å². The standard InChI is InChI=1S/C20H24N2O4S/c1-13(2)19(17-5-4-10-27-17)22-18(24)12-26-20(25)16-8-6-15(7-9-16)11-21-14(3)23/h4-10,13,19H,11-12H2,1-3H3,(H,21,23)(H,22,24). The zero-order chi connectivity index (χ0) is 19.8. The van der Waals surface area contributed by atoms with Crippen LogP contribution in [0.2, 0.25) is 0 Å². The average Bonchev–Trinajstić information content (AvgIpc) is 3.17. The monoisotopic (exact) mass is 388 g/mol. The summed E-state index contributed by atoms with van der Waals surface area (Å²) in [5.74, 6) is -0.794. The lowest BCUT2D eigenvalue weighted by Gasteiger charge is -2.21. The van der Waals surface area contributed by atoms with Crippen LogP contribution in [0.3, 0.4) is 0 Å². The van der Waals surface area contributed by atoms with Crippen molar-refractivity contribution in [2.45, 2.75) is 33.4 Å². The fourth-order valence-corrected chi connectivity index (χ4v) is 3.40. The minimum atomic E-state index is -0.562. The molecule has 1 unspecified atom stereocenters. The van der Waals surface area contributed by atoms with Crippen LogP contribution in [-0.2, 0) is 20.9 Å². The predicted octanol–water partition coefficient (Wildman–Crippen LogP) is 3.05. The van der Waals surface area contributed by atoms with Gasteiger partial charge in [-0.3, -0.25) is 9.59 Å². The number of esters is 1. The molecule has 0 radical (unpaired) electrons. The van der Waals surface area contributed by atoms with E-state index in [0.717, 1.165) is 10.4 Å². The van der Waals surface area contributed by atoms with Gasteiger partial charge in [-0.15, -0.1) is 11.3 Å². The number of amides is 2. The van der Waals surface area contributed by atoms with Crippen LogP contribution in [0.5, 0.6) is 0 Å². The Hall–Kier alpha value is -2.67. The maximum atomic E-state index is 12.2. The van der Waals surface area contributed by atoms with Gasteiger partial charge in [0.2, 0.25) is 5.91 Å². The molecule has 1 heterocycles. The van der Waals surface area contributed by atoms with Gasteiger partial charge in [-0.2, -0.15) is 0 Å². The lowest BCUT2D eigenvalue weighted by molar-refractivity contribution is -0.125. The number of hydrogen-bond donors (Lipinski definition) is 2. The van der Waals surface area contributed by atoms with E-state index in [1.165, 1.54) is 6.92 Å². The Morgan fingerprint density at radius 3 is 2.37 bits per heavy atom.